The number of nitrogens with zero attached hydrogens (tertiary/aromatic N) is 3. The lowest BCUT2D eigenvalue weighted by atomic mass is 10.4. The van der Waals surface area contributed by atoms with Crippen LogP contribution in [-0.4, -0.2) is 30.0 Å². The van der Waals surface area contributed by atoms with Crippen LogP contribution in [0.1, 0.15) is 6.92 Å². The maximum absolute atomic E-state index is 12.1. The molecule has 0 saturated carbocycles. The minimum Gasteiger partial charge on any atom is -0.478 e. The van der Waals surface area contributed by atoms with E-state index in [0.29, 0.717) is 18.2 Å². The largest absolute Gasteiger partial charge is 0.478 e. The third kappa shape index (κ3) is 3.77. The molecule has 0 aliphatic heterocycles. The minimum absolute atomic E-state index is 0.0876. The SMILES string of the molecule is CCOc1ccc(NS(=O)(=O)c2cnc(NN)nc2)cn1. The normalized spacial score (nSPS) is 11.0. The van der Waals surface area contributed by atoms with Gasteiger partial charge in [-0.3, -0.25) is 10.1 Å². The van der Waals surface area contributed by atoms with E-state index in [2.05, 4.69) is 25.1 Å². The molecule has 0 unspecified atom stereocenters. The molecule has 2 heterocycles. The van der Waals surface area contributed by atoms with E-state index in [1.165, 1.54) is 6.20 Å². The molecular weight excluding hydrogens is 296 g/mol. The molecular formula is C11H14N6O3S. The Morgan fingerprint density at radius 3 is 2.43 bits per heavy atom. The molecule has 9 nitrogen and oxygen atoms in total. The van der Waals surface area contributed by atoms with Gasteiger partial charge in [-0.2, -0.15) is 0 Å². The maximum Gasteiger partial charge on any atom is 0.265 e. The van der Waals surface area contributed by atoms with Gasteiger partial charge >= 0.3 is 0 Å². The van der Waals surface area contributed by atoms with Gasteiger partial charge in [0.2, 0.25) is 11.8 Å². The van der Waals surface area contributed by atoms with E-state index in [1.54, 1.807) is 12.1 Å². The van der Waals surface area contributed by atoms with Crippen molar-refractivity contribution in [1.82, 2.24) is 15.0 Å². The number of hydrogen-bond donors (Lipinski definition) is 3. The summed E-state index contributed by atoms with van der Waals surface area (Å²) in [4.78, 5) is 11.4. The monoisotopic (exact) mass is 310 g/mol. The number of nitrogen functional groups attached to an aromatic ring is 1. The predicted octanol–water partition coefficient (Wildman–Crippen LogP) is 0.357. The molecule has 0 bridgehead atoms. The third-order valence-corrected chi connectivity index (χ3v) is 3.68. The number of nitrogens with one attached hydrogen (secondary N) is 2. The van der Waals surface area contributed by atoms with Crippen LogP contribution in [0, 0.1) is 0 Å². The van der Waals surface area contributed by atoms with Gasteiger partial charge in [0.15, 0.2) is 0 Å². The summed E-state index contributed by atoms with van der Waals surface area (Å²) in [5.41, 5.74) is 2.52. The van der Waals surface area contributed by atoms with Gasteiger partial charge in [0, 0.05) is 6.07 Å². The topological polar surface area (TPSA) is 132 Å². The van der Waals surface area contributed by atoms with E-state index in [0.717, 1.165) is 12.4 Å². The Kier molecular flexibility index (Phi) is 4.50. The van der Waals surface area contributed by atoms with Crippen molar-refractivity contribution < 1.29 is 13.2 Å². The summed E-state index contributed by atoms with van der Waals surface area (Å²) in [7, 11) is -3.79. The number of hydrazine groups is 1. The Morgan fingerprint density at radius 1 is 1.19 bits per heavy atom. The average Bonchev–Trinajstić information content (AvgIpc) is 2.49. The molecule has 0 saturated heterocycles. The van der Waals surface area contributed by atoms with Gasteiger partial charge in [-0.1, -0.05) is 0 Å². The standard InChI is InChI=1S/C11H14N6O3S/c1-2-20-10-4-3-8(5-13-10)17-21(18,19)9-6-14-11(16-12)15-7-9/h3-7,17H,2,12H2,1H3,(H,14,15,16). The van der Waals surface area contributed by atoms with Crippen LogP contribution < -0.4 is 20.7 Å². The highest BCUT2D eigenvalue weighted by Crippen LogP contribution is 2.16. The molecule has 10 heteroatoms. The molecule has 21 heavy (non-hydrogen) atoms. The molecule has 0 radical (unpaired) electrons. The lowest BCUT2D eigenvalue weighted by Crippen LogP contribution is -2.15. The Labute approximate surface area is 121 Å². The second kappa shape index (κ2) is 6.33. The fraction of sp³-hybridized carbons (Fsp3) is 0.182. The van der Waals surface area contributed by atoms with E-state index >= 15 is 0 Å². The first-order valence-corrected chi connectivity index (χ1v) is 7.44. The molecule has 2 rings (SSSR count). The van der Waals surface area contributed by atoms with Crippen LogP contribution in [0.3, 0.4) is 0 Å². The zero-order chi connectivity index (χ0) is 15.3. The Bertz CT molecular complexity index is 687. The zero-order valence-corrected chi connectivity index (χ0v) is 12.0. The predicted molar refractivity (Wildman–Crippen MR) is 76.1 cm³/mol. The number of anilines is 2. The van der Waals surface area contributed by atoms with Crippen LogP contribution >= 0.6 is 0 Å². The first-order chi connectivity index (χ1) is 10.0. The zero-order valence-electron chi connectivity index (χ0n) is 11.1. The summed E-state index contributed by atoms with van der Waals surface area (Å²) in [6, 6.07) is 3.12. The second-order valence-electron chi connectivity index (χ2n) is 3.81. The molecule has 0 aliphatic carbocycles. The van der Waals surface area contributed by atoms with Gasteiger partial charge in [-0.05, 0) is 13.0 Å². The van der Waals surface area contributed by atoms with Gasteiger partial charge in [-0.25, -0.2) is 29.2 Å². The van der Waals surface area contributed by atoms with Crippen LogP contribution in [0.15, 0.2) is 35.6 Å². The molecule has 0 atom stereocenters. The first kappa shape index (κ1) is 14.9. The summed E-state index contributed by atoms with van der Waals surface area (Å²) >= 11 is 0. The molecule has 0 spiro atoms. The van der Waals surface area contributed by atoms with Crippen LogP contribution in [0.25, 0.3) is 0 Å². The molecule has 0 aliphatic rings. The summed E-state index contributed by atoms with van der Waals surface area (Å²) < 4.78 is 31.8. The molecule has 4 N–H and O–H groups in total. The first-order valence-electron chi connectivity index (χ1n) is 5.95. The Hall–Kier alpha value is -2.46. The summed E-state index contributed by atoms with van der Waals surface area (Å²) in [5.74, 6) is 5.65. The van der Waals surface area contributed by atoms with Crippen molar-refractivity contribution >= 4 is 21.7 Å². The van der Waals surface area contributed by atoms with Crippen molar-refractivity contribution in [2.24, 2.45) is 5.84 Å². The molecule has 0 fully saturated rings. The Morgan fingerprint density at radius 2 is 1.90 bits per heavy atom. The fourth-order valence-corrected chi connectivity index (χ4v) is 2.35. The molecule has 2 aromatic rings. The summed E-state index contributed by atoms with van der Waals surface area (Å²) in [5, 5.41) is 0. The van der Waals surface area contributed by atoms with Crippen molar-refractivity contribution in [3.8, 4) is 5.88 Å². The fourth-order valence-electron chi connectivity index (χ4n) is 1.42. The number of pyridine rings is 1. The van der Waals surface area contributed by atoms with E-state index in [9.17, 15) is 8.42 Å². The van der Waals surface area contributed by atoms with Gasteiger partial charge < -0.3 is 4.74 Å². The molecule has 112 valence electrons. The van der Waals surface area contributed by atoms with Gasteiger partial charge in [0.1, 0.15) is 4.90 Å². The van der Waals surface area contributed by atoms with E-state index < -0.39 is 10.0 Å². The minimum atomic E-state index is -3.79. The highest BCUT2D eigenvalue weighted by atomic mass is 32.2. The lowest BCUT2D eigenvalue weighted by molar-refractivity contribution is 0.327. The lowest BCUT2D eigenvalue weighted by Gasteiger charge is -2.08. The van der Waals surface area contributed by atoms with Crippen LogP contribution in [0.4, 0.5) is 11.6 Å². The maximum atomic E-state index is 12.1. The van der Waals surface area contributed by atoms with E-state index in [4.69, 9.17) is 10.6 Å². The third-order valence-electron chi connectivity index (χ3n) is 2.35. The van der Waals surface area contributed by atoms with Crippen LogP contribution in [-0.2, 0) is 10.0 Å². The Balaban J connectivity index is 2.16. The van der Waals surface area contributed by atoms with E-state index in [-0.39, 0.29) is 10.8 Å². The van der Waals surface area contributed by atoms with E-state index in [1.807, 2.05) is 6.92 Å². The number of ether oxygens (including phenoxy) is 1. The number of sulfonamides is 1. The number of aromatic nitrogens is 3. The van der Waals surface area contributed by atoms with Crippen LogP contribution in [0.2, 0.25) is 0 Å². The van der Waals surface area contributed by atoms with Crippen molar-refractivity contribution in [2.45, 2.75) is 11.8 Å². The highest BCUT2D eigenvalue weighted by Gasteiger charge is 2.15. The van der Waals surface area contributed by atoms with Gasteiger partial charge in [0.25, 0.3) is 10.0 Å². The number of rotatable bonds is 6. The highest BCUT2D eigenvalue weighted by molar-refractivity contribution is 7.92. The molecule has 0 aromatic carbocycles. The summed E-state index contributed by atoms with van der Waals surface area (Å²) in [6.07, 6.45) is 3.65. The van der Waals surface area contributed by atoms with Crippen molar-refractivity contribution in [2.75, 3.05) is 16.8 Å². The van der Waals surface area contributed by atoms with Gasteiger partial charge in [0.05, 0.1) is 30.9 Å². The van der Waals surface area contributed by atoms with Crippen molar-refractivity contribution in [1.29, 1.82) is 0 Å². The van der Waals surface area contributed by atoms with Crippen molar-refractivity contribution in [3.05, 3.63) is 30.7 Å². The van der Waals surface area contributed by atoms with Gasteiger partial charge in [-0.15, -0.1) is 0 Å². The quantitative estimate of drug-likeness (QED) is 0.514. The summed E-state index contributed by atoms with van der Waals surface area (Å²) in [6.45, 7) is 2.31. The average molecular weight is 310 g/mol. The number of nitrogens with two attached hydrogens (primary N) is 1. The van der Waals surface area contributed by atoms with Crippen LogP contribution in [0.5, 0.6) is 5.88 Å². The number of hydrogen-bond acceptors (Lipinski definition) is 8. The molecule has 0 amide bonds. The smallest absolute Gasteiger partial charge is 0.265 e. The second-order valence-corrected chi connectivity index (χ2v) is 5.49. The molecule has 2 aromatic heterocycles. The van der Waals surface area contributed by atoms with Crippen molar-refractivity contribution in [3.63, 3.8) is 0 Å².